The van der Waals surface area contributed by atoms with Gasteiger partial charge in [-0.25, -0.2) is 0 Å². The Hall–Kier alpha value is 1.69. The van der Waals surface area contributed by atoms with E-state index in [0.717, 1.165) is 0 Å². The quantitative estimate of drug-likeness (QED) is 0.198. The first-order valence-corrected chi connectivity index (χ1v) is 6.89. The fourth-order valence-electron chi connectivity index (χ4n) is 0. The molecule has 0 heterocycles. The van der Waals surface area contributed by atoms with E-state index in [1.807, 2.05) is 0 Å². The van der Waals surface area contributed by atoms with Gasteiger partial charge < -0.3 is 44.0 Å². The smallest absolute Gasteiger partial charge is 0.756 e. The van der Waals surface area contributed by atoms with Gasteiger partial charge in [0, 0.05) is 0 Å². The molecule has 0 amide bonds. The normalized spacial score (nSPS) is 11.1. The maximum atomic E-state index is 8.77. The molecule has 6 N–H and O–H groups in total. The summed E-state index contributed by atoms with van der Waals surface area (Å²) in [5.41, 5.74) is 0. The molecule has 0 atom stereocenters. The third-order valence-electron chi connectivity index (χ3n) is 0. The number of phosphoric acid groups is 3. The van der Waals surface area contributed by atoms with Gasteiger partial charge in [0.2, 0.25) is 0 Å². The van der Waals surface area contributed by atoms with E-state index >= 15 is 0 Å². The Kier molecular flexibility index (Phi) is 17.4. The van der Waals surface area contributed by atoms with Gasteiger partial charge >= 0.3 is 41.3 Å². The molecule has 0 rings (SSSR count). The molecular weight excluding hydrogens is 426 g/mol. The van der Waals surface area contributed by atoms with E-state index in [1.54, 1.807) is 0 Å². The van der Waals surface area contributed by atoms with E-state index in [9.17, 15) is 0 Å². The van der Waals surface area contributed by atoms with Crippen molar-refractivity contribution < 1.29 is 99.0 Å². The van der Waals surface area contributed by atoms with Gasteiger partial charge in [-0.2, -0.15) is 0 Å². The fourth-order valence-corrected chi connectivity index (χ4v) is 0. The number of rotatable bonds is 0. The first kappa shape index (κ1) is 26.3. The Balaban J connectivity index is -0.0000000655. The van der Waals surface area contributed by atoms with E-state index in [4.69, 9.17) is 57.7 Å². The molecule has 0 aliphatic rings. The average molecular weight is 432 g/mol. The predicted octanol–water partition coefficient (Wildman–Crippen LogP) is -4.68. The Morgan fingerprint density at radius 2 is 0.562 bits per heavy atom. The maximum Gasteiger partial charge on any atom is 3.00 e. The molecule has 0 aliphatic heterocycles. The van der Waals surface area contributed by atoms with Crippen LogP contribution < -0.4 is 14.7 Å². The summed E-state index contributed by atoms with van der Waals surface area (Å²) < 4.78 is 26.3. The molecule has 0 aliphatic carbocycles. The molecule has 0 bridgehead atoms. The summed E-state index contributed by atoms with van der Waals surface area (Å²) in [6.07, 6.45) is 0. The molecular formula is H6O12P3Pr. The molecule has 0 saturated carbocycles. The Bertz CT molecular complexity index is 202. The van der Waals surface area contributed by atoms with Crippen molar-refractivity contribution in [3.8, 4) is 0 Å². The van der Waals surface area contributed by atoms with Crippen LogP contribution in [0.3, 0.4) is 0 Å². The van der Waals surface area contributed by atoms with Gasteiger partial charge in [0.15, 0.2) is 0 Å². The van der Waals surface area contributed by atoms with Gasteiger partial charge in [0.25, 0.3) is 23.5 Å². The molecule has 0 spiro atoms. The largest absolute Gasteiger partial charge is 3.00 e. The van der Waals surface area contributed by atoms with E-state index in [2.05, 4.69) is 0 Å². The van der Waals surface area contributed by atoms with Crippen LogP contribution in [0.2, 0.25) is 0 Å². The predicted molar refractivity (Wildman–Crippen MR) is 36.1 cm³/mol. The van der Waals surface area contributed by atoms with Crippen LogP contribution in [0, 0.1) is 41.3 Å². The molecule has 0 fully saturated rings. The van der Waals surface area contributed by atoms with Gasteiger partial charge in [-0.3, -0.25) is 13.7 Å². The van der Waals surface area contributed by atoms with Crippen molar-refractivity contribution in [3.63, 3.8) is 0 Å². The van der Waals surface area contributed by atoms with Crippen molar-refractivity contribution in [1.82, 2.24) is 0 Å². The standard InChI is InChI=1S/3H3O4P.Pr/c3*1-5(2,3)4;/h3*(H3,1,2,3,4);/q;;;+3/p-3. The molecule has 12 nitrogen and oxygen atoms in total. The van der Waals surface area contributed by atoms with Gasteiger partial charge in [-0.15, -0.1) is 0 Å². The zero-order chi connectivity index (χ0) is 13.5. The summed E-state index contributed by atoms with van der Waals surface area (Å²) >= 11 is 0. The fraction of sp³-hybridized carbons (Fsp3) is 0. The van der Waals surface area contributed by atoms with Crippen molar-refractivity contribution in [2.45, 2.75) is 0 Å². The van der Waals surface area contributed by atoms with Gasteiger partial charge in [0.05, 0.1) is 0 Å². The Morgan fingerprint density at radius 1 is 0.562 bits per heavy atom. The molecule has 0 unspecified atom stereocenters. The van der Waals surface area contributed by atoms with Crippen molar-refractivity contribution in [2.24, 2.45) is 0 Å². The summed E-state index contributed by atoms with van der Waals surface area (Å²) in [6, 6.07) is 0. The van der Waals surface area contributed by atoms with Crippen molar-refractivity contribution in [2.75, 3.05) is 0 Å². The molecule has 0 aromatic carbocycles. The Morgan fingerprint density at radius 3 is 0.562 bits per heavy atom. The second-order valence-corrected chi connectivity index (χ2v) is 4.42. The van der Waals surface area contributed by atoms with Crippen LogP contribution in [-0.2, 0) is 13.7 Å². The summed E-state index contributed by atoms with van der Waals surface area (Å²) in [5.74, 6) is 0. The third kappa shape index (κ3) is 1180. The minimum Gasteiger partial charge on any atom is -0.756 e. The monoisotopic (exact) mass is 432 g/mol. The van der Waals surface area contributed by atoms with E-state index in [-0.39, 0.29) is 41.3 Å². The topological polar surface area (TPSA) is 242 Å². The van der Waals surface area contributed by atoms with Crippen molar-refractivity contribution >= 4 is 23.5 Å². The van der Waals surface area contributed by atoms with Crippen LogP contribution in [-0.4, -0.2) is 29.4 Å². The second-order valence-electron chi connectivity index (χ2n) is 1.47. The molecule has 96 valence electrons. The third-order valence-corrected chi connectivity index (χ3v) is 0. The molecule has 0 saturated heterocycles. The van der Waals surface area contributed by atoms with Crippen LogP contribution in [0.1, 0.15) is 0 Å². The first-order valence-electron chi connectivity index (χ1n) is 2.30. The van der Waals surface area contributed by atoms with Gasteiger partial charge in [-0.1, -0.05) is 0 Å². The summed E-state index contributed by atoms with van der Waals surface area (Å²) in [7, 11) is -14.7. The second kappa shape index (κ2) is 10.6. The van der Waals surface area contributed by atoms with Crippen LogP contribution in [0.4, 0.5) is 0 Å². The van der Waals surface area contributed by atoms with Gasteiger partial charge in [0.1, 0.15) is 0 Å². The first-order chi connectivity index (χ1) is 6.00. The molecule has 16 heavy (non-hydrogen) atoms. The van der Waals surface area contributed by atoms with E-state index < -0.39 is 23.5 Å². The number of hydrogen-bond donors (Lipinski definition) is 6. The number of hydrogen-bond acceptors (Lipinski definition) is 6. The summed E-state index contributed by atoms with van der Waals surface area (Å²) in [6.45, 7) is 0. The molecule has 16 heteroatoms. The van der Waals surface area contributed by atoms with Crippen LogP contribution >= 0.6 is 23.5 Å². The summed E-state index contributed by atoms with van der Waals surface area (Å²) in [5, 5.41) is 0. The molecule has 0 radical (unpaired) electrons. The summed E-state index contributed by atoms with van der Waals surface area (Å²) in [4.78, 5) is 68.8. The minimum atomic E-state index is -4.89. The van der Waals surface area contributed by atoms with Crippen LogP contribution in [0.5, 0.6) is 0 Å². The van der Waals surface area contributed by atoms with E-state index in [0.29, 0.717) is 0 Å². The minimum absolute atomic E-state index is 0. The zero-order valence-corrected chi connectivity index (χ0v) is 13.4. The van der Waals surface area contributed by atoms with Crippen LogP contribution in [0.15, 0.2) is 0 Å². The SMILES string of the molecule is O=P([O-])(O)O.O=P([O-])(O)O.O=P([O-])(O)O.[Pr+3]. The molecule has 0 aromatic heterocycles. The van der Waals surface area contributed by atoms with Gasteiger partial charge in [-0.05, 0) is 0 Å². The average Bonchev–Trinajstić information content (AvgIpc) is 1.41. The Labute approximate surface area is 122 Å². The van der Waals surface area contributed by atoms with Crippen molar-refractivity contribution in [3.05, 3.63) is 0 Å². The van der Waals surface area contributed by atoms with E-state index in [1.165, 1.54) is 0 Å². The maximum absolute atomic E-state index is 8.77. The van der Waals surface area contributed by atoms with Crippen LogP contribution in [0.25, 0.3) is 0 Å². The molecule has 0 aromatic rings. The zero-order valence-electron chi connectivity index (χ0n) is 7.05. The van der Waals surface area contributed by atoms with Crippen molar-refractivity contribution in [1.29, 1.82) is 0 Å².